The Morgan fingerprint density at radius 2 is 2.33 bits per heavy atom. The highest BCUT2D eigenvalue weighted by Gasteiger charge is 2.31. The Morgan fingerprint density at radius 3 is 3.08 bits per heavy atom. The van der Waals surface area contributed by atoms with Crippen molar-refractivity contribution in [1.29, 1.82) is 0 Å². The second-order valence-corrected chi connectivity index (χ2v) is 6.88. The maximum absolute atomic E-state index is 5.57. The molecule has 0 amide bonds. The fourth-order valence-electron chi connectivity index (χ4n) is 3.06. The van der Waals surface area contributed by atoms with Crippen LogP contribution in [-0.2, 0) is 6.54 Å². The second-order valence-electron chi connectivity index (χ2n) is 5.85. The molecule has 0 spiro atoms. The molecular formula is C17H19N5OS. The summed E-state index contributed by atoms with van der Waals surface area (Å²) in [7, 11) is 1.84. The minimum atomic E-state index is 0.206. The molecule has 0 unspecified atom stereocenters. The summed E-state index contributed by atoms with van der Waals surface area (Å²) in [5, 5.41) is 9.27. The van der Waals surface area contributed by atoms with Crippen molar-refractivity contribution >= 4 is 17.2 Å². The Morgan fingerprint density at radius 1 is 1.38 bits per heavy atom. The summed E-state index contributed by atoms with van der Waals surface area (Å²) in [6, 6.07) is 8.33. The van der Waals surface area contributed by atoms with Gasteiger partial charge in [-0.25, -0.2) is 4.98 Å². The Kier molecular flexibility index (Phi) is 4.27. The van der Waals surface area contributed by atoms with Crippen LogP contribution in [-0.4, -0.2) is 33.6 Å². The topological polar surface area (TPSA) is 67.1 Å². The zero-order valence-corrected chi connectivity index (χ0v) is 14.3. The molecule has 4 rings (SSSR count). The molecule has 4 heterocycles. The summed E-state index contributed by atoms with van der Waals surface area (Å²) in [5.41, 5.74) is 0.867. The van der Waals surface area contributed by atoms with Crippen molar-refractivity contribution in [2.45, 2.75) is 25.4 Å². The minimum Gasteiger partial charge on any atom is -0.373 e. The number of hydrogen-bond acceptors (Lipinski definition) is 7. The van der Waals surface area contributed by atoms with E-state index in [1.54, 1.807) is 17.5 Å². The molecule has 0 radical (unpaired) electrons. The van der Waals surface area contributed by atoms with E-state index in [1.165, 1.54) is 4.88 Å². The lowest BCUT2D eigenvalue weighted by molar-refractivity contribution is 0.202. The predicted molar refractivity (Wildman–Crippen MR) is 93.8 cm³/mol. The van der Waals surface area contributed by atoms with E-state index in [0.717, 1.165) is 37.3 Å². The highest BCUT2D eigenvalue weighted by molar-refractivity contribution is 7.09. The van der Waals surface area contributed by atoms with E-state index in [4.69, 9.17) is 4.52 Å². The third kappa shape index (κ3) is 3.05. The number of thiophene rings is 1. The van der Waals surface area contributed by atoms with Crippen LogP contribution in [0.25, 0.3) is 11.4 Å². The van der Waals surface area contributed by atoms with E-state index >= 15 is 0 Å². The van der Waals surface area contributed by atoms with Gasteiger partial charge in [0, 0.05) is 30.2 Å². The van der Waals surface area contributed by atoms with Crippen molar-refractivity contribution in [2.24, 2.45) is 0 Å². The largest absolute Gasteiger partial charge is 0.373 e. The van der Waals surface area contributed by atoms with Crippen LogP contribution in [0.4, 0.5) is 5.82 Å². The highest BCUT2D eigenvalue weighted by atomic mass is 32.1. The van der Waals surface area contributed by atoms with Crippen LogP contribution < -0.4 is 5.32 Å². The third-order valence-electron chi connectivity index (χ3n) is 4.31. The van der Waals surface area contributed by atoms with Crippen molar-refractivity contribution in [3.63, 3.8) is 0 Å². The van der Waals surface area contributed by atoms with Gasteiger partial charge in [-0.3, -0.25) is 4.90 Å². The maximum atomic E-state index is 5.57. The Labute approximate surface area is 144 Å². The molecule has 6 nitrogen and oxygen atoms in total. The van der Waals surface area contributed by atoms with Crippen molar-refractivity contribution in [3.05, 3.63) is 46.6 Å². The van der Waals surface area contributed by atoms with E-state index in [0.29, 0.717) is 11.7 Å². The standard InChI is InChI=1S/C17H19N5OS/c1-18-15-7-6-12(10-19-15)16-20-17(23-21-16)14-5-2-8-22(14)11-13-4-3-9-24-13/h3-4,6-7,9-10,14H,2,5,8,11H2,1H3,(H,18,19)/t14-/m0/s1. The Bertz CT molecular complexity index is 784. The number of rotatable bonds is 5. The van der Waals surface area contributed by atoms with Crippen LogP contribution in [0.1, 0.15) is 29.7 Å². The lowest BCUT2D eigenvalue weighted by Crippen LogP contribution is -2.22. The molecule has 3 aromatic heterocycles. The minimum absolute atomic E-state index is 0.206. The van der Waals surface area contributed by atoms with Crippen LogP contribution in [0.5, 0.6) is 0 Å². The van der Waals surface area contributed by atoms with Gasteiger partial charge in [0.15, 0.2) is 0 Å². The number of hydrogen-bond donors (Lipinski definition) is 1. The van der Waals surface area contributed by atoms with Crippen molar-refractivity contribution in [2.75, 3.05) is 18.9 Å². The monoisotopic (exact) mass is 341 g/mol. The molecule has 7 heteroatoms. The van der Waals surface area contributed by atoms with Crippen LogP contribution in [0.3, 0.4) is 0 Å². The van der Waals surface area contributed by atoms with Crippen molar-refractivity contribution in [3.8, 4) is 11.4 Å². The SMILES string of the molecule is CNc1ccc(-c2noc([C@@H]3CCCN3Cc3cccs3)n2)cn1. The maximum Gasteiger partial charge on any atom is 0.244 e. The molecule has 0 aromatic carbocycles. The molecule has 1 aliphatic rings. The molecule has 124 valence electrons. The first-order valence-electron chi connectivity index (χ1n) is 8.07. The van der Waals surface area contributed by atoms with Crippen LogP contribution in [0.15, 0.2) is 40.4 Å². The lowest BCUT2D eigenvalue weighted by Gasteiger charge is -2.20. The normalized spacial score (nSPS) is 18.1. The fourth-order valence-corrected chi connectivity index (χ4v) is 3.79. The molecule has 1 N–H and O–H groups in total. The molecule has 1 fully saturated rings. The number of nitrogens with one attached hydrogen (secondary N) is 1. The molecule has 3 aromatic rings. The zero-order valence-electron chi connectivity index (χ0n) is 13.5. The third-order valence-corrected chi connectivity index (χ3v) is 5.17. The van der Waals surface area contributed by atoms with Gasteiger partial charge in [0.1, 0.15) is 5.82 Å². The summed E-state index contributed by atoms with van der Waals surface area (Å²) in [4.78, 5) is 12.7. The van der Waals surface area contributed by atoms with Gasteiger partial charge in [-0.1, -0.05) is 11.2 Å². The van der Waals surface area contributed by atoms with Crippen LogP contribution in [0.2, 0.25) is 0 Å². The number of nitrogens with zero attached hydrogens (tertiary/aromatic N) is 4. The lowest BCUT2D eigenvalue weighted by atomic mass is 10.2. The first-order chi connectivity index (χ1) is 11.8. The fraction of sp³-hybridized carbons (Fsp3) is 0.353. The molecule has 24 heavy (non-hydrogen) atoms. The van der Waals surface area contributed by atoms with Gasteiger partial charge in [-0.05, 0) is 43.0 Å². The smallest absolute Gasteiger partial charge is 0.244 e. The van der Waals surface area contributed by atoms with Crippen LogP contribution >= 0.6 is 11.3 Å². The van der Waals surface area contributed by atoms with Crippen molar-refractivity contribution < 1.29 is 4.52 Å². The van der Waals surface area contributed by atoms with Gasteiger partial charge in [0.2, 0.25) is 11.7 Å². The van der Waals surface area contributed by atoms with E-state index in [2.05, 4.69) is 42.9 Å². The molecule has 0 saturated carbocycles. The van der Waals surface area contributed by atoms with Gasteiger partial charge in [0.05, 0.1) is 6.04 Å². The second kappa shape index (κ2) is 6.70. The summed E-state index contributed by atoms with van der Waals surface area (Å²) in [6.07, 6.45) is 3.98. The number of anilines is 1. The van der Waals surface area contributed by atoms with Gasteiger partial charge >= 0.3 is 0 Å². The molecule has 1 atom stereocenters. The predicted octanol–water partition coefficient (Wildman–Crippen LogP) is 3.57. The molecule has 0 bridgehead atoms. The van der Waals surface area contributed by atoms with Crippen LogP contribution in [0, 0.1) is 0 Å². The van der Waals surface area contributed by atoms with E-state index in [1.807, 2.05) is 19.2 Å². The zero-order chi connectivity index (χ0) is 16.4. The highest BCUT2D eigenvalue weighted by Crippen LogP contribution is 2.33. The van der Waals surface area contributed by atoms with E-state index in [-0.39, 0.29) is 6.04 Å². The first kappa shape index (κ1) is 15.3. The Hall–Kier alpha value is -2.25. The number of likely N-dealkylation sites (tertiary alicyclic amines) is 1. The summed E-state index contributed by atoms with van der Waals surface area (Å²) in [6.45, 7) is 2.01. The van der Waals surface area contributed by atoms with Gasteiger partial charge < -0.3 is 9.84 Å². The number of pyridine rings is 1. The summed E-state index contributed by atoms with van der Waals surface area (Å²) in [5.74, 6) is 2.13. The molecular weight excluding hydrogens is 322 g/mol. The summed E-state index contributed by atoms with van der Waals surface area (Å²) < 4.78 is 5.57. The van der Waals surface area contributed by atoms with E-state index in [9.17, 15) is 0 Å². The molecule has 1 aliphatic heterocycles. The number of aromatic nitrogens is 3. The summed E-state index contributed by atoms with van der Waals surface area (Å²) >= 11 is 1.79. The van der Waals surface area contributed by atoms with Gasteiger partial charge in [-0.15, -0.1) is 11.3 Å². The Balaban J connectivity index is 1.52. The quantitative estimate of drug-likeness (QED) is 0.765. The van der Waals surface area contributed by atoms with Crippen molar-refractivity contribution in [1.82, 2.24) is 20.0 Å². The van der Waals surface area contributed by atoms with E-state index < -0.39 is 0 Å². The van der Waals surface area contributed by atoms with Gasteiger partial charge in [0.25, 0.3) is 0 Å². The molecule has 0 aliphatic carbocycles. The molecule has 1 saturated heterocycles. The average Bonchev–Trinajstić information content (AvgIpc) is 3.37. The first-order valence-corrected chi connectivity index (χ1v) is 8.95. The average molecular weight is 341 g/mol. The van der Waals surface area contributed by atoms with Gasteiger partial charge in [-0.2, -0.15) is 4.98 Å².